The van der Waals surface area contributed by atoms with E-state index in [1.54, 1.807) is 29.6 Å². The predicted octanol–water partition coefficient (Wildman–Crippen LogP) is 3.13. The van der Waals surface area contributed by atoms with Crippen LogP contribution in [0.1, 0.15) is 21.2 Å². The van der Waals surface area contributed by atoms with Crippen LogP contribution in [0.4, 0.5) is 5.69 Å². The molecule has 11 heteroatoms. The minimum atomic E-state index is -0.192. The van der Waals surface area contributed by atoms with Crippen molar-refractivity contribution in [3.63, 3.8) is 0 Å². The molecular weight excluding hydrogens is 476 g/mol. The number of ether oxygens (including phenoxy) is 1. The molecule has 174 valence electrons. The summed E-state index contributed by atoms with van der Waals surface area (Å²) in [4.78, 5) is 35.7. The Labute approximate surface area is 204 Å². The second kappa shape index (κ2) is 9.80. The largest absolute Gasteiger partial charge is 0.370 e. The van der Waals surface area contributed by atoms with Gasteiger partial charge in [0.2, 0.25) is 0 Å². The lowest BCUT2D eigenvalue weighted by Gasteiger charge is -2.27. The third-order valence-corrected chi connectivity index (χ3v) is 6.59. The van der Waals surface area contributed by atoms with Crippen LogP contribution in [0.15, 0.2) is 61.3 Å². The molecule has 5 rings (SSSR count). The van der Waals surface area contributed by atoms with Crippen LogP contribution in [-0.4, -0.2) is 50.7 Å². The normalized spacial score (nSPS) is 13.9. The quantitative estimate of drug-likeness (QED) is 0.424. The zero-order valence-corrected chi connectivity index (χ0v) is 19.6. The van der Waals surface area contributed by atoms with Gasteiger partial charge in [-0.2, -0.15) is 0 Å². The Morgan fingerprint density at radius 2 is 2.00 bits per heavy atom. The van der Waals surface area contributed by atoms with E-state index < -0.39 is 0 Å². The standard InChI is InChI=1S/C23H21ClN6O3S/c24-20-6-5-19(34-20)23(32)26-11-16-12-30(21(27-16)13-28-8-7-25-15-28)18-3-1-17(2-4-18)29-9-10-33-14-22(29)31/h1-8,12,15H,9-11,13-14H2,(H,26,32). The number of halogens is 1. The summed E-state index contributed by atoms with van der Waals surface area (Å²) in [5, 5.41) is 2.90. The average molecular weight is 497 g/mol. The van der Waals surface area contributed by atoms with Crippen molar-refractivity contribution in [2.45, 2.75) is 13.1 Å². The van der Waals surface area contributed by atoms with Crippen molar-refractivity contribution in [1.29, 1.82) is 0 Å². The molecule has 1 saturated heterocycles. The molecule has 0 aliphatic carbocycles. The zero-order valence-electron chi connectivity index (χ0n) is 18.1. The van der Waals surface area contributed by atoms with Crippen molar-refractivity contribution in [2.75, 3.05) is 24.7 Å². The van der Waals surface area contributed by atoms with Crippen LogP contribution >= 0.6 is 22.9 Å². The molecule has 2 amide bonds. The second-order valence-corrected chi connectivity index (χ2v) is 9.37. The molecule has 0 radical (unpaired) electrons. The summed E-state index contributed by atoms with van der Waals surface area (Å²) in [6.45, 7) is 1.95. The number of imidazole rings is 2. The highest BCUT2D eigenvalue weighted by atomic mass is 35.5. The molecule has 34 heavy (non-hydrogen) atoms. The summed E-state index contributed by atoms with van der Waals surface area (Å²) in [5.41, 5.74) is 2.45. The molecule has 0 atom stereocenters. The van der Waals surface area contributed by atoms with Crippen LogP contribution in [0, 0.1) is 0 Å². The molecule has 1 fully saturated rings. The maximum atomic E-state index is 12.4. The molecule has 0 saturated carbocycles. The van der Waals surface area contributed by atoms with Gasteiger partial charge in [0.25, 0.3) is 11.8 Å². The van der Waals surface area contributed by atoms with E-state index in [4.69, 9.17) is 21.3 Å². The number of benzene rings is 1. The number of hydrogen-bond acceptors (Lipinski definition) is 6. The average Bonchev–Trinajstić information content (AvgIpc) is 3.60. The molecule has 1 aliphatic rings. The van der Waals surface area contributed by atoms with E-state index >= 15 is 0 Å². The Hall–Kier alpha value is -3.47. The number of carbonyl (C=O) groups is 2. The van der Waals surface area contributed by atoms with Gasteiger partial charge in [-0.15, -0.1) is 11.3 Å². The van der Waals surface area contributed by atoms with Gasteiger partial charge in [-0.1, -0.05) is 11.6 Å². The fourth-order valence-electron chi connectivity index (χ4n) is 3.71. The zero-order chi connectivity index (χ0) is 23.5. The van der Waals surface area contributed by atoms with Gasteiger partial charge in [0.05, 0.1) is 40.9 Å². The lowest BCUT2D eigenvalue weighted by molar-refractivity contribution is -0.125. The molecule has 0 bridgehead atoms. The number of carbonyl (C=O) groups excluding carboxylic acids is 2. The first-order chi connectivity index (χ1) is 16.6. The fourth-order valence-corrected chi connectivity index (χ4v) is 4.67. The Morgan fingerprint density at radius 3 is 2.71 bits per heavy atom. The van der Waals surface area contributed by atoms with Crippen LogP contribution < -0.4 is 10.2 Å². The van der Waals surface area contributed by atoms with E-state index in [-0.39, 0.29) is 25.0 Å². The van der Waals surface area contributed by atoms with Crippen molar-refractivity contribution in [3.05, 3.63) is 82.0 Å². The van der Waals surface area contributed by atoms with Crippen LogP contribution in [-0.2, 0) is 22.6 Å². The van der Waals surface area contributed by atoms with Gasteiger partial charge in [0, 0.05) is 36.5 Å². The molecule has 1 aliphatic heterocycles. The first-order valence-corrected chi connectivity index (χ1v) is 11.8. The van der Waals surface area contributed by atoms with E-state index in [9.17, 15) is 9.59 Å². The summed E-state index contributed by atoms with van der Waals surface area (Å²) < 4.78 is 9.69. The van der Waals surface area contributed by atoms with Gasteiger partial charge in [-0.25, -0.2) is 9.97 Å². The SMILES string of the molecule is O=C(NCc1cn(-c2ccc(N3CCOCC3=O)cc2)c(Cn2ccnc2)n1)c1ccc(Cl)s1. The first kappa shape index (κ1) is 22.3. The monoisotopic (exact) mass is 496 g/mol. The minimum Gasteiger partial charge on any atom is -0.370 e. The summed E-state index contributed by atoms with van der Waals surface area (Å²) in [5.74, 6) is 0.547. The van der Waals surface area contributed by atoms with Gasteiger partial charge >= 0.3 is 0 Å². The highest BCUT2D eigenvalue weighted by molar-refractivity contribution is 7.17. The lowest BCUT2D eigenvalue weighted by Crippen LogP contribution is -2.41. The molecule has 0 unspecified atom stereocenters. The van der Waals surface area contributed by atoms with Gasteiger partial charge < -0.3 is 24.1 Å². The van der Waals surface area contributed by atoms with Crippen LogP contribution in [0.3, 0.4) is 0 Å². The third kappa shape index (κ3) is 4.89. The Morgan fingerprint density at radius 1 is 1.18 bits per heavy atom. The van der Waals surface area contributed by atoms with Crippen LogP contribution in [0.25, 0.3) is 5.69 Å². The van der Waals surface area contributed by atoms with Crippen molar-refractivity contribution in [1.82, 2.24) is 24.4 Å². The lowest BCUT2D eigenvalue weighted by atomic mass is 10.2. The molecule has 4 heterocycles. The molecular formula is C23H21ClN6O3S. The number of anilines is 1. The number of nitrogens with zero attached hydrogens (tertiary/aromatic N) is 5. The van der Waals surface area contributed by atoms with E-state index in [1.165, 1.54) is 11.3 Å². The summed E-state index contributed by atoms with van der Waals surface area (Å²) in [7, 11) is 0. The third-order valence-electron chi connectivity index (χ3n) is 5.36. The van der Waals surface area contributed by atoms with Crippen LogP contribution in [0.2, 0.25) is 4.34 Å². The molecule has 1 aromatic carbocycles. The number of amides is 2. The van der Waals surface area contributed by atoms with Crippen LogP contribution in [0.5, 0.6) is 0 Å². The number of rotatable bonds is 7. The van der Waals surface area contributed by atoms with Gasteiger partial charge in [0.15, 0.2) is 0 Å². The van der Waals surface area contributed by atoms with Crippen molar-refractivity contribution in [3.8, 4) is 5.69 Å². The summed E-state index contributed by atoms with van der Waals surface area (Å²) >= 11 is 7.17. The number of nitrogens with one attached hydrogen (secondary N) is 1. The molecule has 4 aromatic rings. The van der Waals surface area contributed by atoms with E-state index in [0.717, 1.165) is 22.9 Å². The number of aromatic nitrogens is 4. The van der Waals surface area contributed by atoms with E-state index in [0.29, 0.717) is 28.9 Å². The predicted molar refractivity (Wildman–Crippen MR) is 129 cm³/mol. The minimum absolute atomic E-state index is 0.0486. The highest BCUT2D eigenvalue weighted by Gasteiger charge is 2.20. The Bertz CT molecular complexity index is 1300. The van der Waals surface area contributed by atoms with Gasteiger partial charge in [0.1, 0.15) is 12.4 Å². The van der Waals surface area contributed by atoms with Crippen molar-refractivity contribution >= 4 is 40.4 Å². The molecule has 3 aromatic heterocycles. The molecule has 0 spiro atoms. The summed E-state index contributed by atoms with van der Waals surface area (Å²) in [6, 6.07) is 11.1. The van der Waals surface area contributed by atoms with Gasteiger partial charge in [-0.05, 0) is 36.4 Å². The maximum absolute atomic E-state index is 12.4. The number of hydrogen-bond donors (Lipinski definition) is 1. The molecule has 1 N–H and O–H groups in total. The topological polar surface area (TPSA) is 94.3 Å². The Kier molecular flexibility index (Phi) is 6.43. The second-order valence-electron chi connectivity index (χ2n) is 7.65. The molecule has 9 nitrogen and oxygen atoms in total. The van der Waals surface area contributed by atoms with E-state index in [2.05, 4.69) is 10.3 Å². The number of thiophene rings is 1. The highest BCUT2D eigenvalue weighted by Crippen LogP contribution is 2.23. The van der Waals surface area contributed by atoms with E-state index in [1.807, 2.05) is 45.8 Å². The van der Waals surface area contributed by atoms with Crippen molar-refractivity contribution in [2.24, 2.45) is 0 Å². The van der Waals surface area contributed by atoms with Gasteiger partial charge in [-0.3, -0.25) is 9.59 Å². The number of morpholine rings is 1. The fraction of sp³-hybridized carbons (Fsp3) is 0.217. The maximum Gasteiger partial charge on any atom is 0.261 e. The Balaban J connectivity index is 1.38. The first-order valence-electron chi connectivity index (χ1n) is 10.6. The summed E-state index contributed by atoms with van der Waals surface area (Å²) in [6.07, 6.45) is 7.22. The smallest absolute Gasteiger partial charge is 0.261 e. The van der Waals surface area contributed by atoms with Crippen molar-refractivity contribution < 1.29 is 14.3 Å².